The minimum Gasteiger partial charge on any atom is -0.365 e. The van der Waals surface area contributed by atoms with E-state index in [4.69, 9.17) is 0 Å². The molecule has 3 N–H and O–H groups in total. The van der Waals surface area contributed by atoms with Gasteiger partial charge >= 0.3 is 0 Å². The summed E-state index contributed by atoms with van der Waals surface area (Å²) in [5.74, 6) is 1.60. The van der Waals surface area contributed by atoms with Gasteiger partial charge in [0.15, 0.2) is 0 Å². The van der Waals surface area contributed by atoms with Crippen molar-refractivity contribution in [3.63, 3.8) is 0 Å². The molecular formula is C15H23N5. The fourth-order valence-corrected chi connectivity index (χ4v) is 2.91. The number of aromatic amines is 1. The molecule has 0 amide bonds. The van der Waals surface area contributed by atoms with Gasteiger partial charge in [-0.2, -0.15) is 0 Å². The van der Waals surface area contributed by atoms with Crippen LogP contribution in [0.5, 0.6) is 0 Å². The molecule has 0 radical (unpaired) electrons. The molecule has 0 unspecified atom stereocenters. The van der Waals surface area contributed by atoms with Crippen LogP contribution in [0.15, 0.2) is 12.5 Å². The summed E-state index contributed by atoms with van der Waals surface area (Å²) in [5.41, 5.74) is 2.24. The predicted octanol–water partition coefficient (Wildman–Crippen LogP) is 2.32. The number of H-pyrrole nitrogens is 1. The van der Waals surface area contributed by atoms with Gasteiger partial charge in [0.2, 0.25) is 0 Å². The first-order chi connectivity index (χ1) is 9.74. The van der Waals surface area contributed by atoms with Gasteiger partial charge in [0.1, 0.15) is 17.8 Å². The molecule has 20 heavy (non-hydrogen) atoms. The SMILES string of the molecule is CC(C)Cc1c[nH]c2ncnc(N[C@@H]3CCCNC3)c12. The summed E-state index contributed by atoms with van der Waals surface area (Å²) in [6.45, 7) is 6.61. The van der Waals surface area contributed by atoms with Crippen molar-refractivity contribution in [2.75, 3.05) is 18.4 Å². The smallest absolute Gasteiger partial charge is 0.143 e. The Balaban J connectivity index is 1.90. The van der Waals surface area contributed by atoms with Gasteiger partial charge in [0, 0.05) is 18.8 Å². The third-order valence-electron chi connectivity index (χ3n) is 3.82. The van der Waals surface area contributed by atoms with Crippen LogP contribution in [-0.2, 0) is 6.42 Å². The van der Waals surface area contributed by atoms with Crippen molar-refractivity contribution in [2.45, 2.75) is 39.2 Å². The molecule has 2 aromatic heterocycles. The number of rotatable bonds is 4. The lowest BCUT2D eigenvalue weighted by Gasteiger charge is -2.24. The quantitative estimate of drug-likeness (QED) is 0.800. The third-order valence-corrected chi connectivity index (χ3v) is 3.82. The van der Waals surface area contributed by atoms with Crippen LogP contribution in [0.3, 0.4) is 0 Å². The van der Waals surface area contributed by atoms with E-state index in [9.17, 15) is 0 Å². The topological polar surface area (TPSA) is 65.6 Å². The van der Waals surface area contributed by atoms with E-state index in [0.29, 0.717) is 12.0 Å². The number of hydrogen-bond donors (Lipinski definition) is 3. The van der Waals surface area contributed by atoms with Gasteiger partial charge in [-0.3, -0.25) is 0 Å². The average Bonchev–Trinajstić information content (AvgIpc) is 2.84. The molecular weight excluding hydrogens is 250 g/mol. The van der Waals surface area contributed by atoms with Crippen molar-refractivity contribution in [3.8, 4) is 0 Å². The average molecular weight is 273 g/mol. The minimum absolute atomic E-state index is 0.462. The monoisotopic (exact) mass is 273 g/mol. The molecule has 0 aliphatic carbocycles. The number of aromatic nitrogens is 3. The summed E-state index contributed by atoms with van der Waals surface area (Å²) in [6, 6.07) is 0.462. The van der Waals surface area contributed by atoms with E-state index in [1.807, 2.05) is 0 Å². The van der Waals surface area contributed by atoms with Gasteiger partial charge in [-0.1, -0.05) is 13.8 Å². The molecule has 1 saturated heterocycles. The highest BCUT2D eigenvalue weighted by atomic mass is 15.1. The largest absolute Gasteiger partial charge is 0.365 e. The Labute approximate surface area is 119 Å². The molecule has 1 fully saturated rings. The lowest BCUT2D eigenvalue weighted by atomic mass is 10.0. The zero-order chi connectivity index (χ0) is 13.9. The highest BCUT2D eigenvalue weighted by Gasteiger charge is 2.17. The predicted molar refractivity (Wildman–Crippen MR) is 81.9 cm³/mol. The van der Waals surface area contributed by atoms with Crippen molar-refractivity contribution < 1.29 is 0 Å². The Hall–Kier alpha value is -1.62. The molecule has 1 aliphatic rings. The molecule has 5 nitrogen and oxygen atoms in total. The van der Waals surface area contributed by atoms with Gasteiger partial charge in [-0.25, -0.2) is 9.97 Å². The molecule has 2 aromatic rings. The van der Waals surface area contributed by atoms with Crippen LogP contribution in [0.4, 0.5) is 5.82 Å². The van der Waals surface area contributed by atoms with E-state index in [1.165, 1.54) is 18.4 Å². The van der Waals surface area contributed by atoms with Crippen molar-refractivity contribution in [1.82, 2.24) is 20.3 Å². The molecule has 0 aromatic carbocycles. The number of hydrogen-bond acceptors (Lipinski definition) is 4. The maximum absolute atomic E-state index is 4.47. The molecule has 3 rings (SSSR count). The maximum atomic E-state index is 4.47. The first-order valence-corrected chi connectivity index (χ1v) is 7.52. The fraction of sp³-hybridized carbons (Fsp3) is 0.600. The lowest BCUT2D eigenvalue weighted by molar-refractivity contribution is 0.479. The van der Waals surface area contributed by atoms with Gasteiger partial charge < -0.3 is 15.6 Å². The van der Waals surface area contributed by atoms with Gasteiger partial charge in [0.05, 0.1) is 5.39 Å². The Morgan fingerprint density at radius 1 is 1.40 bits per heavy atom. The lowest BCUT2D eigenvalue weighted by Crippen LogP contribution is -2.38. The zero-order valence-electron chi connectivity index (χ0n) is 12.2. The molecule has 108 valence electrons. The summed E-state index contributed by atoms with van der Waals surface area (Å²) in [4.78, 5) is 12.1. The van der Waals surface area contributed by atoms with Crippen molar-refractivity contribution in [3.05, 3.63) is 18.1 Å². The van der Waals surface area contributed by atoms with Crippen molar-refractivity contribution in [2.24, 2.45) is 5.92 Å². The molecule has 5 heteroatoms. The summed E-state index contributed by atoms with van der Waals surface area (Å²) in [5, 5.41) is 8.18. The second kappa shape index (κ2) is 5.79. The van der Waals surface area contributed by atoms with Crippen LogP contribution in [-0.4, -0.2) is 34.1 Å². The van der Waals surface area contributed by atoms with Crippen LogP contribution < -0.4 is 10.6 Å². The number of anilines is 1. The Morgan fingerprint density at radius 3 is 3.05 bits per heavy atom. The van der Waals surface area contributed by atoms with Crippen LogP contribution in [0.1, 0.15) is 32.3 Å². The number of fused-ring (bicyclic) bond motifs is 1. The summed E-state index contributed by atoms with van der Waals surface area (Å²) in [6.07, 6.45) is 7.17. The van der Waals surface area contributed by atoms with E-state index < -0.39 is 0 Å². The number of nitrogens with zero attached hydrogens (tertiary/aromatic N) is 2. The van der Waals surface area contributed by atoms with Gasteiger partial charge in [-0.05, 0) is 37.3 Å². The highest BCUT2D eigenvalue weighted by Crippen LogP contribution is 2.26. The van der Waals surface area contributed by atoms with Crippen molar-refractivity contribution in [1.29, 1.82) is 0 Å². The van der Waals surface area contributed by atoms with Crippen LogP contribution in [0.2, 0.25) is 0 Å². The Morgan fingerprint density at radius 2 is 2.30 bits per heavy atom. The van der Waals surface area contributed by atoms with E-state index >= 15 is 0 Å². The minimum atomic E-state index is 0.462. The Bertz CT molecular complexity index is 569. The highest BCUT2D eigenvalue weighted by molar-refractivity contribution is 5.90. The van der Waals surface area contributed by atoms with Crippen molar-refractivity contribution >= 4 is 16.9 Å². The third kappa shape index (κ3) is 2.77. The molecule has 1 aliphatic heterocycles. The van der Waals surface area contributed by atoms with E-state index in [0.717, 1.165) is 36.4 Å². The van der Waals surface area contributed by atoms with Gasteiger partial charge in [-0.15, -0.1) is 0 Å². The first kappa shape index (κ1) is 13.4. The maximum Gasteiger partial charge on any atom is 0.143 e. The summed E-state index contributed by atoms with van der Waals surface area (Å²) >= 11 is 0. The second-order valence-corrected chi connectivity index (χ2v) is 6.05. The first-order valence-electron chi connectivity index (χ1n) is 7.52. The fourth-order valence-electron chi connectivity index (χ4n) is 2.91. The molecule has 0 spiro atoms. The van der Waals surface area contributed by atoms with E-state index in [2.05, 4.69) is 45.6 Å². The van der Waals surface area contributed by atoms with Crippen LogP contribution in [0, 0.1) is 5.92 Å². The Kier molecular flexibility index (Phi) is 3.87. The molecule has 0 saturated carbocycles. The number of nitrogens with one attached hydrogen (secondary N) is 3. The molecule has 3 heterocycles. The molecule has 0 bridgehead atoms. The summed E-state index contributed by atoms with van der Waals surface area (Å²) in [7, 11) is 0. The zero-order valence-corrected chi connectivity index (χ0v) is 12.2. The second-order valence-electron chi connectivity index (χ2n) is 6.05. The molecule has 1 atom stereocenters. The normalized spacial score (nSPS) is 19.6. The number of piperidine rings is 1. The van der Waals surface area contributed by atoms with Gasteiger partial charge in [0.25, 0.3) is 0 Å². The van der Waals surface area contributed by atoms with Crippen LogP contribution in [0.25, 0.3) is 11.0 Å². The van der Waals surface area contributed by atoms with Crippen LogP contribution >= 0.6 is 0 Å². The van der Waals surface area contributed by atoms with E-state index in [1.54, 1.807) is 6.33 Å². The van der Waals surface area contributed by atoms with E-state index in [-0.39, 0.29) is 0 Å². The standard InChI is InChI=1S/C15H23N5/c1-10(2)6-11-7-17-14-13(11)15(19-9-18-14)20-12-4-3-5-16-8-12/h7,9-10,12,16H,3-6,8H2,1-2H3,(H2,17,18,19,20)/t12-/m1/s1. The summed E-state index contributed by atoms with van der Waals surface area (Å²) < 4.78 is 0.